The highest BCUT2D eigenvalue weighted by Crippen LogP contribution is 2.39. The summed E-state index contributed by atoms with van der Waals surface area (Å²) in [5.41, 5.74) is 2.58. The Kier molecular flexibility index (Phi) is 12.6. The van der Waals surface area contributed by atoms with E-state index in [-0.39, 0.29) is 21.3 Å². The smallest absolute Gasteiger partial charge is 0.365 e. The molecule has 6 nitrogen and oxygen atoms in total. The Labute approximate surface area is 356 Å². The molecular formula is C48H39Cl4O6+. The molecule has 1 atom stereocenters. The molecular weight excluding hydrogens is 814 g/mol. The number of rotatable bonds is 12. The Balaban J connectivity index is 1.33. The minimum atomic E-state index is -0.499. The molecule has 6 aromatic rings. The molecule has 0 spiro atoms. The van der Waals surface area contributed by atoms with Crippen molar-refractivity contribution in [3.8, 4) is 34.1 Å². The van der Waals surface area contributed by atoms with Crippen LogP contribution in [0, 0.1) is 17.8 Å². The molecule has 0 fully saturated rings. The van der Waals surface area contributed by atoms with Gasteiger partial charge < -0.3 is 14.2 Å². The minimum Gasteiger partial charge on any atom is -0.493 e. The third-order valence-electron chi connectivity index (χ3n) is 9.23. The van der Waals surface area contributed by atoms with Crippen molar-refractivity contribution in [2.24, 2.45) is 17.8 Å². The molecule has 0 bridgehead atoms. The maximum absolute atomic E-state index is 13.9. The van der Waals surface area contributed by atoms with Crippen LogP contribution in [0.4, 0.5) is 0 Å². The molecule has 1 aliphatic heterocycles. The van der Waals surface area contributed by atoms with E-state index >= 15 is 0 Å². The van der Waals surface area contributed by atoms with Gasteiger partial charge in [-0.15, -0.1) is 0 Å². The standard InChI is InChI=1S/C48H39Cl4O6/c1-27(2)25-55-41-11-7-5-9-33(41)45-21-29(19-43(57-45)31-13-15-37(49)39(51)23-31)17-35-47(53)36(48(35)54)18-30-20-44(32-14-16-38(50)40(52)24-32)58-46(22-30)34-10-6-8-12-42(34)56-26-28(3)4/h5-24,27-29H,25-26H2,1-4H3/q+1. The van der Waals surface area contributed by atoms with Gasteiger partial charge in [-0.1, -0.05) is 104 Å². The fourth-order valence-corrected chi connectivity index (χ4v) is 6.94. The van der Waals surface area contributed by atoms with Crippen molar-refractivity contribution < 1.29 is 18.6 Å². The van der Waals surface area contributed by atoms with E-state index in [0.717, 1.165) is 5.56 Å². The number of halogens is 4. The first kappa shape index (κ1) is 41.1. The number of ether oxygens (including phenoxy) is 3. The van der Waals surface area contributed by atoms with E-state index < -0.39 is 5.92 Å². The average Bonchev–Trinajstić information content (AvgIpc) is 3.22. The predicted molar refractivity (Wildman–Crippen MR) is 237 cm³/mol. The second kappa shape index (κ2) is 17.8. The normalized spacial score (nSPS) is 13.9. The van der Waals surface area contributed by atoms with Crippen molar-refractivity contribution in [2.45, 2.75) is 27.7 Å². The van der Waals surface area contributed by atoms with Crippen LogP contribution in [0.5, 0.6) is 11.5 Å². The van der Waals surface area contributed by atoms with E-state index in [9.17, 15) is 9.59 Å². The summed E-state index contributed by atoms with van der Waals surface area (Å²) < 4.78 is 25.2. The van der Waals surface area contributed by atoms with Gasteiger partial charge in [0.25, 0.3) is 0 Å². The molecule has 0 saturated carbocycles. The van der Waals surface area contributed by atoms with E-state index in [1.54, 1.807) is 60.7 Å². The molecule has 2 heterocycles. The van der Waals surface area contributed by atoms with Gasteiger partial charge in [0.05, 0.1) is 67.0 Å². The molecule has 1 aromatic heterocycles. The van der Waals surface area contributed by atoms with Crippen molar-refractivity contribution in [3.05, 3.63) is 177 Å². The van der Waals surface area contributed by atoms with Crippen molar-refractivity contribution in [1.29, 1.82) is 0 Å². The highest BCUT2D eigenvalue weighted by atomic mass is 35.5. The molecule has 5 aromatic carbocycles. The van der Waals surface area contributed by atoms with Gasteiger partial charge in [-0.3, -0.25) is 9.59 Å². The van der Waals surface area contributed by atoms with Crippen LogP contribution >= 0.6 is 46.4 Å². The molecule has 58 heavy (non-hydrogen) atoms. The maximum Gasteiger partial charge on any atom is 0.365 e. The van der Waals surface area contributed by atoms with Crippen LogP contribution < -0.4 is 30.8 Å². The monoisotopic (exact) mass is 851 g/mol. The van der Waals surface area contributed by atoms with E-state index in [4.69, 9.17) is 65.0 Å². The van der Waals surface area contributed by atoms with E-state index in [1.807, 2.05) is 60.7 Å². The largest absolute Gasteiger partial charge is 0.493 e. The van der Waals surface area contributed by atoms with Crippen LogP contribution in [-0.2, 0) is 4.74 Å². The molecule has 0 aliphatic carbocycles. The number of para-hydroxylation sites is 2. The Morgan fingerprint density at radius 2 is 1.16 bits per heavy atom. The quantitative estimate of drug-likeness (QED) is 0.114. The zero-order chi connectivity index (χ0) is 41.1. The Morgan fingerprint density at radius 3 is 1.78 bits per heavy atom. The predicted octanol–water partition coefficient (Wildman–Crippen LogP) is 11.5. The highest BCUT2D eigenvalue weighted by Gasteiger charge is 2.25. The average molecular weight is 854 g/mol. The first-order valence-electron chi connectivity index (χ1n) is 18.8. The Bertz CT molecular complexity index is 2740. The van der Waals surface area contributed by atoms with Crippen LogP contribution in [-0.4, -0.2) is 13.2 Å². The van der Waals surface area contributed by atoms with Gasteiger partial charge in [-0.05, 0) is 96.3 Å². The molecule has 1 aliphatic rings. The van der Waals surface area contributed by atoms with Crippen LogP contribution in [0.15, 0.2) is 123 Å². The summed E-state index contributed by atoms with van der Waals surface area (Å²) in [6, 6.07) is 29.1. The zero-order valence-corrected chi connectivity index (χ0v) is 35.2. The Hall–Kier alpha value is -5.11. The summed E-state index contributed by atoms with van der Waals surface area (Å²) in [6.07, 6.45) is 6.95. The van der Waals surface area contributed by atoms with Crippen LogP contribution in [0.25, 0.3) is 46.3 Å². The first-order valence-corrected chi connectivity index (χ1v) is 20.3. The van der Waals surface area contributed by atoms with Gasteiger partial charge in [-0.2, -0.15) is 0 Å². The number of hydrogen-bond acceptors (Lipinski definition) is 5. The summed E-state index contributed by atoms with van der Waals surface area (Å²) in [5, 5.41) is 1.63. The lowest BCUT2D eigenvalue weighted by atomic mass is 9.97. The zero-order valence-electron chi connectivity index (χ0n) is 32.2. The van der Waals surface area contributed by atoms with Gasteiger partial charge in [0.2, 0.25) is 10.9 Å². The van der Waals surface area contributed by atoms with Crippen molar-refractivity contribution >= 4 is 70.1 Å². The second-order valence-corrected chi connectivity index (χ2v) is 16.4. The lowest BCUT2D eigenvalue weighted by Crippen LogP contribution is -2.64. The van der Waals surface area contributed by atoms with Crippen molar-refractivity contribution in [1.82, 2.24) is 0 Å². The molecule has 0 amide bonds. The van der Waals surface area contributed by atoms with Gasteiger partial charge in [0.1, 0.15) is 28.6 Å². The lowest BCUT2D eigenvalue weighted by molar-refractivity contribution is 0.269. The van der Waals surface area contributed by atoms with E-state index in [1.165, 1.54) is 0 Å². The van der Waals surface area contributed by atoms with Crippen LogP contribution in [0.1, 0.15) is 44.4 Å². The van der Waals surface area contributed by atoms with E-state index in [2.05, 4.69) is 27.7 Å². The second-order valence-electron chi connectivity index (χ2n) is 14.8. The minimum absolute atomic E-state index is 0.0465. The van der Waals surface area contributed by atoms with Crippen molar-refractivity contribution in [2.75, 3.05) is 13.2 Å². The molecule has 0 saturated heterocycles. The van der Waals surface area contributed by atoms with Gasteiger partial charge in [-0.25, -0.2) is 4.42 Å². The third-order valence-corrected chi connectivity index (χ3v) is 10.7. The lowest BCUT2D eigenvalue weighted by Gasteiger charge is -2.23. The molecule has 1 unspecified atom stereocenters. The summed E-state index contributed by atoms with van der Waals surface area (Å²) in [4.78, 5) is 27.8. The fourth-order valence-electron chi connectivity index (χ4n) is 6.34. The summed E-state index contributed by atoms with van der Waals surface area (Å²) in [5.74, 6) is 3.30. The van der Waals surface area contributed by atoms with Gasteiger partial charge in [0, 0.05) is 11.5 Å². The number of benzene rings is 4. The molecule has 0 radical (unpaired) electrons. The van der Waals surface area contributed by atoms with E-state index in [0.29, 0.717) is 102 Å². The molecule has 294 valence electrons. The van der Waals surface area contributed by atoms with Gasteiger partial charge in [0.15, 0.2) is 0 Å². The topological polar surface area (TPSA) is 73.1 Å². The maximum atomic E-state index is 13.9. The highest BCUT2D eigenvalue weighted by molar-refractivity contribution is 6.42. The number of hydrogen-bond donors (Lipinski definition) is 0. The van der Waals surface area contributed by atoms with Crippen molar-refractivity contribution in [3.63, 3.8) is 0 Å². The SMILES string of the molecule is CC(C)COc1ccccc1C1=CC(C=c2c(=O)c(=Cc3cc(-c4ccc(Cl)c(Cl)c4)[o+]c(-c4ccccc4OCC(C)C)c3)c2=O)C=C(c2ccc(Cl)c(Cl)c2)O1. The summed E-state index contributed by atoms with van der Waals surface area (Å²) >= 11 is 25.3. The summed E-state index contributed by atoms with van der Waals surface area (Å²) in [7, 11) is 0. The fraction of sp³-hybridized carbons (Fsp3) is 0.188. The summed E-state index contributed by atoms with van der Waals surface area (Å²) in [6.45, 7) is 9.31. The third kappa shape index (κ3) is 9.27. The molecule has 7 rings (SSSR count). The van der Waals surface area contributed by atoms with Gasteiger partial charge >= 0.3 is 11.5 Å². The number of allylic oxidation sites excluding steroid dienone is 2. The molecule has 10 heteroatoms. The van der Waals surface area contributed by atoms with Crippen LogP contribution in [0.3, 0.4) is 0 Å². The first-order chi connectivity index (χ1) is 27.8. The van der Waals surface area contributed by atoms with Crippen LogP contribution in [0.2, 0.25) is 20.1 Å². The molecule has 0 N–H and O–H groups in total. The Morgan fingerprint density at radius 1 is 0.621 bits per heavy atom.